The first kappa shape index (κ1) is 8.76. The van der Waals surface area contributed by atoms with Crippen molar-refractivity contribution in [1.82, 2.24) is 3.93 Å². The van der Waals surface area contributed by atoms with Crippen LogP contribution in [-0.2, 0) is 0 Å². The van der Waals surface area contributed by atoms with Gasteiger partial charge in [0.25, 0.3) is 0 Å². The molecule has 0 aromatic carbocycles. The zero-order valence-corrected chi connectivity index (χ0v) is 7.32. The second kappa shape index (κ2) is 4.62. The molecule has 0 aliphatic rings. The van der Waals surface area contributed by atoms with Crippen LogP contribution in [0.2, 0.25) is 0 Å². The normalized spacial score (nSPS) is 12.2. The Bertz CT molecular complexity index is 89.4. The van der Waals surface area contributed by atoms with E-state index >= 15 is 0 Å². The average Bonchev–Trinajstić information content (AvgIpc) is 1.65. The van der Waals surface area contributed by atoms with Crippen molar-refractivity contribution < 1.29 is 4.48 Å². The van der Waals surface area contributed by atoms with E-state index < -0.39 is 6.75 Å². The van der Waals surface area contributed by atoms with Crippen molar-refractivity contribution in [1.29, 1.82) is 0 Å². The highest BCUT2D eigenvalue weighted by molar-refractivity contribution is 8.55. The quantitative estimate of drug-likeness (QED) is 0.366. The van der Waals surface area contributed by atoms with Gasteiger partial charge < -0.3 is 0 Å². The first-order valence-corrected chi connectivity index (χ1v) is 6.42. The summed E-state index contributed by atoms with van der Waals surface area (Å²) >= 11 is 2.20. The van der Waals surface area contributed by atoms with Crippen molar-refractivity contribution in [3.8, 4) is 0 Å². The molecule has 8 heavy (non-hydrogen) atoms. The summed E-state index contributed by atoms with van der Waals surface area (Å²) in [6.07, 6.45) is 5.35. The average molecular weight is 172 g/mol. The number of halogens is 1. The topological polar surface area (TPSA) is 3.24 Å². The fourth-order valence-corrected chi connectivity index (χ4v) is 2.91. The fraction of sp³-hybridized carbons (Fsp3) is 0.667. The molecule has 0 bridgehead atoms. The van der Waals surface area contributed by atoms with E-state index in [1.807, 2.05) is 6.66 Å². The van der Waals surface area contributed by atoms with E-state index in [0.717, 1.165) is 23.5 Å². The van der Waals surface area contributed by atoms with E-state index in [2.05, 4.69) is 6.30 Å². The third-order valence-corrected chi connectivity index (χ3v) is 3.31. The molecular weight excluding hydrogens is 164 g/mol. The van der Waals surface area contributed by atoms with Gasteiger partial charge in [-0.25, -0.2) is 0 Å². The minimum absolute atomic E-state index is 0.449. The molecule has 0 N–H and O–H groups in total. The van der Waals surface area contributed by atoms with E-state index in [4.69, 9.17) is 0 Å². The van der Waals surface area contributed by atoms with Crippen LogP contribution in [0.15, 0.2) is 0 Å². The maximum absolute atomic E-state index is 12.1. The van der Waals surface area contributed by atoms with Gasteiger partial charge in [0.2, 0.25) is 11.6 Å². The van der Waals surface area contributed by atoms with Crippen LogP contribution in [-0.4, -0.2) is 23.2 Å². The molecule has 1 nitrogen and oxygen atoms in total. The molecule has 0 radical (unpaired) electrons. The minimum atomic E-state index is -0.449. The second-order valence-corrected chi connectivity index (χ2v) is 6.12. The largest absolute Gasteiger partial charge is 0.211 e. The van der Waals surface area contributed by atoms with Crippen LogP contribution in [0, 0.1) is 0 Å². The van der Waals surface area contributed by atoms with Crippen molar-refractivity contribution in [2.45, 2.75) is 0 Å². The Morgan fingerprint density at radius 1 is 1.75 bits per heavy atom. The summed E-state index contributed by atoms with van der Waals surface area (Å²) in [5.41, 5.74) is 0. The Kier molecular flexibility index (Phi) is 5.06. The van der Waals surface area contributed by atoms with Gasteiger partial charge in [0.05, 0.1) is 6.30 Å². The van der Waals surface area contributed by atoms with Gasteiger partial charge >= 0.3 is 0 Å². The lowest BCUT2D eigenvalue weighted by molar-refractivity contribution is 0.306. The van der Waals surface area contributed by atoms with Gasteiger partial charge in [-0.05, 0) is 11.9 Å². The summed E-state index contributed by atoms with van der Waals surface area (Å²) in [6.45, 7) is 1.46. The monoisotopic (exact) mass is 172 g/mol. The number of rotatable bonds is 3. The van der Waals surface area contributed by atoms with E-state index in [9.17, 15) is 4.48 Å². The molecule has 0 aliphatic heterocycles. The lowest BCUT2D eigenvalue weighted by Crippen LogP contribution is -1.83. The Morgan fingerprint density at radius 2 is 2.25 bits per heavy atom. The van der Waals surface area contributed by atoms with Crippen molar-refractivity contribution in [3.05, 3.63) is 0 Å². The fourth-order valence-electron chi connectivity index (χ4n) is 0.143. The van der Waals surface area contributed by atoms with Gasteiger partial charge in [-0.1, -0.05) is 0 Å². The summed E-state index contributed by atoms with van der Waals surface area (Å²) in [4.78, 5) is 0. The third-order valence-electron chi connectivity index (χ3n) is 0.347. The van der Waals surface area contributed by atoms with Crippen molar-refractivity contribution in [2.75, 3.05) is 12.9 Å². The van der Waals surface area contributed by atoms with Crippen molar-refractivity contribution >= 4 is 36.6 Å². The smallest absolute Gasteiger partial charge is 0.107 e. The molecule has 0 saturated carbocycles. The summed E-state index contributed by atoms with van der Waals surface area (Å²) in [5, 5.41) is 0. The standard InChI is InChI=1S/C3H8FNPS2/c1-6(2)8-5(4)7-3/h1H2,2-3H3/q+1. The van der Waals surface area contributed by atoms with Gasteiger partial charge in [-0.2, -0.15) is 0 Å². The van der Waals surface area contributed by atoms with Crippen LogP contribution in [0.3, 0.4) is 0 Å². The van der Waals surface area contributed by atoms with Crippen molar-refractivity contribution in [2.24, 2.45) is 0 Å². The zero-order valence-electron chi connectivity index (χ0n) is 4.80. The Morgan fingerprint density at radius 3 is 2.38 bits per heavy atom. The summed E-state index contributed by atoms with van der Waals surface area (Å²) < 4.78 is 12.7. The maximum atomic E-state index is 12.1. The molecule has 5 heteroatoms. The minimum Gasteiger partial charge on any atom is -0.107 e. The highest BCUT2D eigenvalue weighted by Crippen LogP contribution is 2.39. The molecule has 0 aromatic heterocycles. The van der Waals surface area contributed by atoms with Crippen LogP contribution in [0.1, 0.15) is 0 Å². The third kappa shape index (κ3) is 4.91. The number of hydrogen-bond acceptors (Lipinski definition) is 3. The molecule has 0 fully saturated rings. The van der Waals surface area contributed by atoms with Gasteiger partial charge in [0.1, 0.15) is 6.66 Å². The van der Waals surface area contributed by atoms with Gasteiger partial charge in [0.15, 0.2) is 6.75 Å². The molecule has 0 aromatic rings. The van der Waals surface area contributed by atoms with Crippen molar-refractivity contribution in [3.63, 3.8) is 0 Å². The molecule has 0 heterocycles. The Balaban J connectivity index is 3.24. The molecular formula is C3H8FNPS2+. The molecule has 1 atom stereocenters. The highest BCUT2D eigenvalue weighted by Gasteiger charge is 2.09. The van der Waals surface area contributed by atoms with E-state index in [1.165, 1.54) is 0 Å². The van der Waals surface area contributed by atoms with Crippen LogP contribution in [0.4, 0.5) is 4.48 Å². The van der Waals surface area contributed by atoms with Crippen LogP contribution >= 0.6 is 30.3 Å². The van der Waals surface area contributed by atoms with Crippen LogP contribution < -0.4 is 0 Å². The van der Waals surface area contributed by atoms with Gasteiger partial charge in [-0.15, -0.1) is 4.48 Å². The van der Waals surface area contributed by atoms with Gasteiger partial charge in [-0.3, -0.25) is 0 Å². The molecule has 0 saturated heterocycles. The van der Waals surface area contributed by atoms with Crippen LogP contribution in [0.5, 0.6) is 0 Å². The SMILES string of the molecule is C=[P+](C)SN(F)SC. The summed E-state index contributed by atoms with van der Waals surface area (Å²) in [6, 6.07) is 0. The first-order chi connectivity index (χ1) is 3.66. The summed E-state index contributed by atoms with van der Waals surface area (Å²) in [5.74, 6) is 0. The number of nitrogens with zero attached hydrogens (tertiary/aromatic N) is 1. The lowest BCUT2D eigenvalue weighted by atomic mass is 11.9. The zero-order chi connectivity index (χ0) is 6.57. The second-order valence-electron chi connectivity index (χ2n) is 1.10. The van der Waals surface area contributed by atoms with E-state index in [0.29, 0.717) is 3.93 Å². The molecule has 0 aliphatic carbocycles. The number of hydrogen-bond donors (Lipinski definition) is 0. The lowest BCUT2D eigenvalue weighted by Gasteiger charge is -1.94. The molecule has 0 amide bonds. The first-order valence-electron chi connectivity index (χ1n) is 1.89. The predicted molar refractivity (Wildman–Crippen MR) is 44.0 cm³/mol. The molecule has 48 valence electrons. The Hall–Kier alpha value is 0.760. The summed E-state index contributed by atoms with van der Waals surface area (Å²) in [7, 11) is 0. The van der Waals surface area contributed by atoms with Crippen LogP contribution in [0.25, 0.3) is 0 Å². The van der Waals surface area contributed by atoms with E-state index in [-0.39, 0.29) is 0 Å². The maximum Gasteiger partial charge on any atom is 0.211 e. The predicted octanol–water partition coefficient (Wildman–Crippen LogP) is 2.56. The molecule has 1 unspecified atom stereocenters. The molecule has 0 spiro atoms. The highest BCUT2D eigenvalue weighted by atomic mass is 32.7. The van der Waals surface area contributed by atoms with E-state index in [1.54, 1.807) is 6.26 Å². The van der Waals surface area contributed by atoms with Gasteiger partial charge in [0, 0.05) is 10.2 Å². The molecule has 0 rings (SSSR count). The Labute approximate surface area is 58.4 Å².